The highest BCUT2D eigenvalue weighted by atomic mass is 32.2. The second kappa shape index (κ2) is 5.44. The molecule has 0 amide bonds. The summed E-state index contributed by atoms with van der Waals surface area (Å²) in [5, 5.41) is 0. The first-order valence-electron chi connectivity index (χ1n) is 7.33. The van der Waals surface area contributed by atoms with Crippen molar-refractivity contribution < 1.29 is 8.42 Å². The van der Waals surface area contributed by atoms with Crippen molar-refractivity contribution in [1.82, 2.24) is 14.3 Å². The largest absolute Gasteiger partial charge is 0.243 e. The van der Waals surface area contributed by atoms with E-state index in [1.54, 1.807) is 34.8 Å². The summed E-state index contributed by atoms with van der Waals surface area (Å²) in [6, 6.07) is 10.4. The molecular weight excluding hydrogens is 298 g/mol. The fourth-order valence-electron chi connectivity index (χ4n) is 2.98. The predicted molar refractivity (Wildman–Crippen MR) is 83.7 cm³/mol. The van der Waals surface area contributed by atoms with Gasteiger partial charge in [-0.15, -0.1) is 0 Å². The zero-order chi connectivity index (χ0) is 15.8. The second-order valence-corrected chi connectivity index (χ2v) is 7.65. The lowest BCUT2D eigenvalue weighted by molar-refractivity contribution is 0.254. The maximum atomic E-state index is 13.0. The van der Waals surface area contributed by atoms with Crippen molar-refractivity contribution in [3.63, 3.8) is 0 Å². The second-order valence-electron chi connectivity index (χ2n) is 5.79. The van der Waals surface area contributed by atoms with E-state index in [1.165, 1.54) is 0 Å². The van der Waals surface area contributed by atoms with Gasteiger partial charge in [-0.25, -0.2) is 18.4 Å². The number of aryl methyl sites for hydroxylation is 1. The van der Waals surface area contributed by atoms with E-state index < -0.39 is 15.6 Å². The molecule has 0 radical (unpaired) electrons. The van der Waals surface area contributed by atoms with E-state index in [1.807, 2.05) is 26.0 Å². The highest BCUT2D eigenvalue weighted by molar-refractivity contribution is 7.89. The van der Waals surface area contributed by atoms with Gasteiger partial charge in [0.2, 0.25) is 10.0 Å². The lowest BCUT2D eigenvalue weighted by Gasteiger charge is -2.33. The van der Waals surface area contributed by atoms with Gasteiger partial charge < -0.3 is 0 Å². The fourth-order valence-corrected chi connectivity index (χ4v) is 4.80. The average Bonchev–Trinajstić information content (AvgIpc) is 2.92. The first-order valence-corrected chi connectivity index (χ1v) is 8.77. The van der Waals surface area contributed by atoms with Crippen LogP contribution in [0.5, 0.6) is 0 Å². The van der Waals surface area contributed by atoms with Crippen LogP contribution < -0.4 is 0 Å². The molecule has 1 aromatic heterocycles. The standard InChI is InChI=1S/C16H19N3O2S/c1-13-9-11-17-15(18-13)16(2)10-6-12-19(16)22(20,21)14-7-4-3-5-8-14/h3-5,7-9,11H,6,10,12H2,1-2H3/t16-/m0/s1. The van der Waals surface area contributed by atoms with E-state index in [4.69, 9.17) is 0 Å². The van der Waals surface area contributed by atoms with Crippen LogP contribution in [0.1, 0.15) is 31.3 Å². The molecule has 1 atom stereocenters. The Morgan fingerprint density at radius 3 is 2.59 bits per heavy atom. The van der Waals surface area contributed by atoms with Crippen LogP contribution in [-0.2, 0) is 15.6 Å². The van der Waals surface area contributed by atoms with Crippen molar-refractivity contribution in [3.8, 4) is 0 Å². The normalized spacial score (nSPS) is 22.8. The van der Waals surface area contributed by atoms with Gasteiger partial charge in [0.15, 0.2) is 0 Å². The summed E-state index contributed by atoms with van der Waals surface area (Å²) in [5.41, 5.74) is 0.149. The number of hydrogen-bond acceptors (Lipinski definition) is 4. The number of nitrogens with zero attached hydrogens (tertiary/aromatic N) is 3. The van der Waals surface area contributed by atoms with Crippen LogP contribution in [0.2, 0.25) is 0 Å². The van der Waals surface area contributed by atoms with E-state index in [0.717, 1.165) is 18.5 Å². The van der Waals surface area contributed by atoms with Gasteiger partial charge in [0, 0.05) is 18.4 Å². The Labute approximate surface area is 131 Å². The Balaban J connectivity index is 2.07. The maximum Gasteiger partial charge on any atom is 0.243 e. The summed E-state index contributed by atoms with van der Waals surface area (Å²) < 4.78 is 27.5. The molecule has 1 fully saturated rings. The van der Waals surface area contributed by atoms with Gasteiger partial charge in [-0.2, -0.15) is 4.31 Å². The topological polar surface area (TPSA) is 63.2 Å². The molecule has 0 unspecified atom stereocenters. The van der Waals surface area contributed by atoms with Gasteiger partial charge in [0.05, 0.1) is 10.4 Å². The monoisotopic (exact) mass is 317 g/mol. The third-order valence-electron chi connectivity index (χ3n) is 4.18. The molecule has 2 heterocycles. The Morgan fingerprint density at radius 1 is 1.18 bits per heavy atom. The van der Waals surface area contributed by atoms with Crippen LogP contribution >= 0.6 is 0 Å². The summed E-state index contributed by atoms with van der Waals surface area (Å²) >= 11 is 0. The zero-order valence-electron chi connectivity index (χ0n) is 12.7. The van der Waals surface area contributed by atoms with Crippen LogP contribution in [0, 0.1) is 6.92 Å². The molecule has 0 N–H and O–H groups in total. The van der Waals surface area contributed by atoms with Crippen LogP contribution in [0.3, 0.4) is 0 Å². The molecular formula is C16H19N3O2S. The van der Waals surface area contributed by atoms with Gasteiger partial charge in [-0.05, 0) is 44.9 Å². The lowest BCUT2D eigenvalue weighted by Crippen LogP contribution is -2.44. The number of sulfonamides is 1. The molecule has 0 aliphatic carbocycles. The highest BCUT2D eigenvalue weighted by Crippen LogP contribution is 2.40. The number of benzene rings is 1. The quantitative estimate of drug-likeness (QED) is 0.872. The van der Waals surface area contributed by atoms with Crippen molar-refractivity contribution in [2.45, 2.75) is 37.1 Å². The Hall–Kier alpha value is -1.79. The van der Waals surface area contributed by atoms with E-state index in [0.29, 0.717) is 17.3 Å². The molecule has 22 heavy (non-hydrogen) atoms. The summed E-state index contributed by atoms with van der Waals surface area (Å²) in [5.74, 6) is 0.574. The van der Waals surface area contributed by atoms with Crippen LogP contribution in [0.25, 0.3) is 0 Å². The summed E-state index contributed by atoms with van der Waals surface area (Å²) in [6.45, 7) is 4.29. The minimum absolute atomic E-state index is 0.316. The molecule has 5 nitrogen and oxygen atoms in total. The van der Waals surface area contributed by atoms with Crippen molar-refractivity contribution in [2.75, 3.05) is 6.54 Å². The fraction of sp³-hybridized carbons (Fsp3) is 0.375. The summed E-state index contributed by atoms with van der Waals surface area (Å²) in [6.07, 6.45) is 3.22. The first kappa shape index (κ1) is 15.1. The smallest absolute Gasteiger partial charge is 0.239 e. The lowest BCUT2D eigenvalue weighted by atomic mass is 9.99. The van der Waals surface area contributed by atoms with E-state index >= 15 is 0 Å². The van der Waals surface area contributed by atoms with Crippen molar-refractivity contribution in [3.05, 3.63) is 54.1 Å². The van der Waals surface area contributed by atoms with E-state index in [2.05, 4.69) is 9.97 Å². The zero-order valence-corrected chi connectivity index (χ0v) is 13.5. The van der Waals surface area contributed by atoms with Gasteiger partial charge in [-0.1, -0.05) is 18.2 Å². The molecule has 6 heteroatoms. The molecule has 3 rings (SSSR count). The van der Waals surface area contributed by atoms with Crippen molar-refractivity contribution in [2.24, 2.45) is 0 Å². The van der Waals surface area contributed by atoms with Crippen LogP contribution in [0.15, 0.2) is 47.5 Å². The molecule has 0 spiro atoms. The molecule has 0 bridgehead atoms. The van der Waals surface area contributed by atoms with Crippen molar-refractivity contribution in [1.29, 1.82) is 0 Å². The third-order valence-corrected chi connectivity index (χ3v) is 6.22. The molecule has 116 valence electrons. The predicted octanol–water partition coefficient (Wildman–Crippen LogP) is 2.48. The minimum atomic E-state index is -3.55. The Bertz CT molecular complexity index is 777. The molecule has 1 aliphatic rings. The van der Waals surface area contributed by atoms with Gasteiger partial charge in [0.1, 0.15) is 5.82 Å². The van der Waals surface area contributed by atoms with Gasteiger partial charge in [-0.3, -0.25) is 0 Å². The van der Waals surface area contributed by atoms with Gasteiger partial charge in [0.25, 0.3) is 0 Å². The molecule has 2 aromatic rings. The summed E-state index contributed by atoms with van der Waals surface area (Å²) in [7, 11) is -3.55. The first-order chi connectivity index (χ1) is 10.4. The molecule has 1 saturated heterocycles. The highest BCUT2D eigenvalue weighted by Gasteiger charge is 2.47. The third kappa shape index (κ3) is 2.42. The molecule has 0 saturated carbocycles. The Kier molecular flexibility index (Phi) is 3.74. The van der Waals surface area contributed by atoms with Crippen LogP contribution in [-0.4, -0.2) is 29.2 Å². The molecule has 1 aliphatic heterocycles. The van der Waals surface area contributed by atoms with Crippen molar-refractivity contribution >= 4 is 10.0 Å². The van der Waals surface area contributed by atoms with E-state index in [9.17, 15) is 8.42 Å². The molecule has 1 aromatic carbocycles. The number of rotatable bonds is 3. The maximum absolute atomic E-state index is 13.0. The van der Waals surface area contributed by atoms with Gasteiger partial charge >= 0.3 is 0 Å². The summed E-state index contributed by atoms with van der Waals surface area (Å²) in [4.78, 5) is 9.12. The minimum Gasteiger partial charge on any atom is -0.239 e. The average molecular weight is 317 g/mol. The Morgan fingerprint density at radius 2 is 1.91 bits per heavy atom. The van der Waals surface area contributed by atoms with E-state index in [-0.39, 0.29) is 0 Å². The number of hydrogen-bond donors (Lipinski definition) is 0. The SMILES string of the molecule is Cc1ccnc([C@]2(C)CCCN2S(=O)(=O)c2ccccc2)n1. The number of aromatic nitrogens is 2. The van der Waals surface area contributed by atoms with Crippen LogP contribution in [0.4, 0.5) is 0 Å².